The van der Waals surface area contributed by atoms with E-state index in [1.165, 1.54) is 0 Å². The van der Waals surface area contributed by atoms with Crippen molar-refractivity contribution in [2.24, 2.45) is 0 Å². The van der Waals surface area contributed by atoms with Crippen LogP contribution in [0.3, 0.4) is 0 Å². The zero-order chi connectivity index (χ0) is 16.4. The van der Waals surface area contributed by atoms with Crippen LogP contribution < -0.4 is 5.32 Å². The minimum Gasteiger partial charge on any atom is -0.340 e. The predicted molar refractivity (Wildman–Crippen MR) is 77.7 cm³/mol. The fourth-order valence-corrected chi connectivity index (χ4v) is 3.08. The second kappa shape index (κ2) is 6.43. The first-order valence-electron chi connectivity index (χ1n) is 7.74. The van der Waals surface area contributed by atoms with Crippen LogP contribution in [0.15, 0.2) is 6.20 Å². The van der Waals surface area contributed by atoms with E-state index in [4.69, 9.17) is 0 Å². The maximum Gasteiger partial charge on any atom is 0.389 e. The third-order valence-electron chi connectivity index (χ3n) is 4.18. The first-order valence-corrected chi connectivity index (χ1v) is 7.74. The second-order valence-electron chi connectivity index (χ2n) is 5.89. The maximum atomic E-state index is 14.2. The highest BCUT2D eigenvalue weighted by atomic mass is 19.4. The van der Waals surface area contributed by atoms with Gasteiger partial charge in [0.1, 0.15) is 11.6 Å². The second-order valence-corrected chi connectivity index (χ2v) is 5.89. The summed E-state index contributed by atoms with van der Waals surface area (Å²) in [7, 11) is 0. The molecule has 23 heavy (non-hydrogen) atoms. The number of alkyl halides is 3. The van der Waals surface area contributed by atoms with Crippen molar-refractivity contribution in [3.8, 4) is 0 Å². The van der Waals surface area contributed by atoms with Gasteiger partial charge in [0.15, 0.2) is 5.65 Å². The van der Waals surface area contributed by atoms with E-state index in [0.717, 1.165) is 32.1 Å². The van der Waals surface area contributed by atoms with Crippen molar-refractivity contribution in [3.05, 3.63) is 23.4 Å². The normalized spacial score (nSPS) is 17.0. The molecule has 3 rings (SSSR count). The van der Waals surface area contributed by atoms with Crippen molar-refractivity contribution in [2.75, 3.05) is 13.1 Å². The standard InChI is InChI=1S/C15H18F4N4/c16-10-8-21-14-13(12(10)9-3-6-20-7-4-9)22-11(23-14)2-1-5-15(17,18)19/h8-9,20H,1-7H2,(H,21,22,23). The van der Waals surface area contributed by atoms with E-state index >= 15 is 0 Å². The summed E-state index contributed by atoms with van der Waals surface area (Å²) in [6.07, 6.45) is -2.11. The Hall–Kier alpha value is -1.70. The summed E-state index contributed by atoms with van der Waals surface area (Å²) in [5, 5.41) is 3.23. The van der Waals surface area contributed by atoms with E-state index in [0.29, 0.717) is 22.6 Å². The van der Waals surface area contributed by atoms with Crippen LogP contribution in [0.5, 0.6) is 0 Å². The number of nitrogens with one attached hydrogen (secondary N) is 2. The summed E-state index contributed by atoms with van der Waals surface area (Å²) in [5.74, 6) is 0.123. The van der Waals surface area contributed by atoms with Gasteiger partial charge in [-0.2, -0.15) is 13.2 Å². The Morgan fingerprint density at radius 1 is 1.22 bits per heavy atom. The van der Waals surface area contributed by atoms with Crippen LogP contribution in [0.4, 0.5) is 17.6 Å². The smallest absolute Gasteiger partial charge is 0.340 e. The van der Waals surface area contributed by atoms with Crippen molar-refractivity contribution in [2.45, 2.75) is 44.2 Å². The van der Waals surface area contributed by atoms with Crippen molar-refractivity contribution < 1.29 is 17.6 Å². The summed E-state index contributed by atoms with van der Waals surface area (Å²) < 4.78 is 50.9. The first kappa shape index (κ1) is 16.2. The molecule has 0 radical (unpaired) electrons. The van der Waals surface area contributed by atoms with Gasteiger partial charge in [-0.1, -0.05) is 0 Å². The SMILES string of the molecule is Fc1cnc2nc(CCCC(F)(F)F)[nH]c2c1C1CCNCC1. The fraction of sp³-hybridized carbons (Fsp3) is 0.600. The number of hydrogen-bond acceptors (Lipinski definition) is 3. The van der Waals surface area contributed by atoms with Gasteiger partial charge in [0.05, 0.1) is 11.7 Å². The van der Waals surface area contributed by atoms with E-state index in [-0.39, 0.29) is 24.6 Å². The quantitative estimate of drug-likeness (QED) is 0.844. The molecule has 0 bridgehead atoms. The number of rotatable bonds is 4. The van der Waals surface area contributed by atoms with Gasteiger partial charge in [0, 0.05) is 18.4 Å². The minimum absolute atomic E-state index is 0.0471. The van der Waals surface area contributed by atoms with E-state index in [2.05, 4.69) is 20.3 Å². The summed E-state index contributed by atoms with van der Waals surface area (Å²) in [6.45, 7) is 1.64. The van der Waals surface area contributed by atoms with E-state index in [9.17, 15) is 17.6 Å². The van der Waals surface area contributed by atoms with Crippen LogP contribution in [-0.4, -0.2) is 34.2 Å². The number of fused-ring (bicyclic) bond motifs is 1. The lowest BCUT2D eigenvalue weighted by Gasteiger charge is -2.23. The summed E-state index contributed by atoms with van der Waals surface area (Å²) in [4.78, 5) is 11.2. The van der Waals surface area contributed by atoms with Gasteiger partial charge in [0.25, 0.3) is 0 Å². The molecule has 0 aliphatic carbocycles. The monoisotopic (exact) mass is 330 g/mol. The molecule has 3 heterocycles. The lowest BCUT2D eigenvalue weighted by molar-refractivity contribution is -0.135. The molecule has 0 atom stereocenters. The fourth-order valence-electron chi connectivity index (χ4n) is 3.08. The Morgan fingerprint density at radius 2 is 1.96 bits per heavy atom. The Morgan fingerprint density at radius 3 is 2.65 bits per heavy atom. The number of aromatic nitrogens is 3. The van der Waals surface area contributed by atoms with Gasteiger partial charge in [-0.15, -0.1) is 0 Å². The van der Waals surface area contributed by atoms with Gasteiger partial charge < -0.3 is 10.3 Å². The van der Waals surface area contributed by atoms with Crippen LogP contribution in [0.2, 0.25) is 0 Å². The van der Waals surface area contributed by atoms with Crippen molar-refractivity contribution in [1.29, 1.82) is 0 Å². The molecule has 0 amide bonds. The molecule has 1 aliphatic rings. The lowest BCUT2D eigenvalue weighted by Crippen LogP contribution is -2.27. The van der Waals surface area contributed by atoms with Gasteiger partial charge >= 0.3 is 6.18 Å². The molecule has 1 fully saturated rings. The molecule has 2 aromatic rings. The van der Waals surface area contributed by atoms with Crippen LogP contribution in [-0.2, 0) is 6.42 Å². The molecule has 8 heteroatoms. The highest BCUT2D eigenvalue weighted by molar-refractivity contribution is 5.75. The Bertz CT molecular complexity index is 674. The number of pyridine rings is 1. The molecule has 0 saturated carbocycles. The number of imidazole rings is 1. The highest BCUT2D eigenvalue weighted by Gasteiger charge is 2.27. The van der Waals surface area contributed by atoms with E-state index in [1.54, 1.807) is 0 Å². The van der Waals surface area contributed by atoms with Crippen LogP contribution >= 0.6 is 0 Å². The average Bonchev–Trinajstić information content (AvgIpc) is 2.89. The van der Waals surface area contributed by atoms with Crippen molar-refractivity contribution >= 4 is 11.2 Å². The Balaban J connectivity index is 1.84. The van der Waals surface area contributed by atoms with Crippen LogP contribution in [0.25, 0.3) is 11.2 Å². The highest BCUT2D eigenvalue weighted by Crippen LogP contribution is 2.32. The van der Waals surface area contributed by atoms with Crippen LogP contribution in [0.1, 0.15) is 43.0 Å². The number of aromatic amines is 1. The predicted octanol–water partition coefficient (Wildman–Crippen LogP) is 3.45. The molecule has 1 saturated heterocycles. The summed E-state index contributed by atoms with van der Waals surface area (Å²) >= 11 is 0. The molecular formula is C15H18F4N4. The molecule has 0 aromatic carbocycles. The first-order chi connectivity index (χ1) is 10.9. The molecule has 2 N–H and O–H groups in total. The summed E-state index contributed by atoms with van der Waals surface area (Å²) in [5.41, 5.74) is 1.46. The van der Waals surface area contributed by atoms with Gasteiger partial charge in [-0.05, 0) is 38.3 Å². The van der Waals surface area contributed by atoms with Crippen molar-refractivity contribution in [1.82, 2.24) is 20.3 Å². The zero-order valence-corrected chi connectivity index (χ0v) is 12.5. The third kappa shape index (κ3) is 3.80. The number of H-pyrrole nitrogens is 1. The maximum absolute atomic E-state index is 14.2. The number of nitrogens with zero attached hydrogens (tertiary/aromatic N) is 2. The van der Waals surface area contributed by atoms with Gasteiger partial charge in [-0.25, -0.2) is 14.4 Å². The third-order valence-corrected chi connectivity index (χ3v) is 4.18. The molecule has 126 valence electrons. The molecule has 1 aliphatic heterocycles. The van der Waals surface area contributed by atoms with Gasteiger partial charge in [0.2, 0.25) is 0 Å². The Labute approximate surface area is 130 Å². The van der Waals surface area contributed by atoms with Crippen LogP contribution in [0, 0.1) is 5.82 Å². The molecule has 0 spiro atoms. The Kier molecular flexibility index (Phi) is 4.52. The minimum atomic E-state index is -4.17. The lowest BCUT2D eigenvalue weighted by atomic mass is 9.90. The molecule has 2 aromatic heterocycles. The molecule has 0 unspecified atom stereocenters. The number of halogens is 4. The zero-order valence-electron chi connectivity index (χ0n) is 12.5. The van der Waals surface area contributed by atoms with Crippen molar-refractivity contribution in [3.63, 3.8) is 0 Å². The molecular weight excluding hydrogens is 312 g/mol. The number of piperidine rings is 1. The van der Waals surface area contributed by atoms with E-state index < -0.39 is 12.6 Å². The molecule has 4 nitrogen and oxygen atoms in total. The largest absolute Gasteiger partial charge is 0.389 e. The van der Waals surface area contributed by atoms with E-state index in [1.807, 2.05) is 0 Å². The summed E-state index contributed by atoms with van der Waals surface area (Å²) in [6, 6.07) is 0. The average molecular weight is 330 g/mol. The number of aryl methyl sites for hydroxylation is 1. The number of hydrogen-bond donors (Lipinski definition) is 2. The topological polar surface area (TPSA) is 53.6 Å². The van der Waals surface area contributed by atoms with Gasteiger partial charge in [-0.3, -0.25) is 0 Å².